The summed E-state index contributed by atoms with van der Waals surface area (Å²) in [5.41, 5.74) is 9.52. The van der Waals surface area contributed by atoms with Gasteiger partial charge in [0.2, 0.25) is 5.91 Å². The molecule has 3 rings (SSSR count). The van der Waals surface area contributed by atoms with Crippen molar-refractivity contribution in [1.29, 1.82) is 5.41 Å². The van der Waals surface area contributed by atoms with Crippen LogP contribution in [-0.2, 0) is 11.3 Å². The highest BCUT2D eigenvalue weighted by Crippen LogP contribution is 2.20. The zero-order chi connectivity index (χ0) is 19.1. The number of aromatic nitrogens is 1. The molecule has 0 aliphatic heterocycles. The second-order valence-electron chi connectivity index (χ2n) is 6.40. The number of hydrogen-bond donors (Lipinski definition) is 4. The lowest BCUT2D eigenvalue weighted by Crippen LogP contribution is -2.15. The zero-order valence-electron chi connectivity index (χ0n) is 15.0. The molecule has 1 fully saturated rings. The number of benzene rings is 1. The standard InChI is InChI=1S/C21H23N5O/c22-11-17(12-23)20-9-10-24-14-16(20)3-8-21(27)26-19-4-1-15(2-5-19)13-25-18-6-7-18/h1-5,8-12,14,18,22,25H,6-7,13,23H2,(H,26,27)/b8-3+,17-12+,22-11?. The van der Waals surface area contributed by atoms with Crippen molar-refractivity contribution in [2.45, 2.75) is 25.4 Å². The van der Waals surface area contributed by atoms with Crippen LogP contribution in [0.2, 0.25) is 0 Å². The van der Waals surface area contributed by atoms with E-state index >= 15 is 0 Å². The molecule has 6 nitrogen and oxygen atoms in total. The van der Waals surface area contributed by atoms with Crippen LogP contribution in [0.4, 0.5) is 5.69 Å². The molecule has 1 saturated carbocycles. The van der Waals surface area contributed by atoms with Crippen molar-refractivity contribution in [3.63, 3.8) is 0 Å². The number of anilines is 1. The molecule has 1 heterocycles. The highest BCUT2D eigenvalue weighted by Gasteiger charge is 2.19. The molecular formula is C21H23N5O. The minimum Gasteiger partial charge on any atom is -0.404 e. The Morgan fingerprint density at radius 2 is 2.04 bits per heavy atom. The smallest absolute Gasteiger partial charge is 0.248 e. The van der Waals surface area contributed by atoms with Crippen LogP contribution in [0.1, 0.15) is 29.5 Å². The molecule has 1 aliphatic rings. The lowest BCUT2D eigenvalue weighted by molar-refractivity contribution is -0.111. The summed E-state index contributed by atoms with van der Waals surface area (Å²) >= 11 is 0. The van der Waals surface area contributed by atoms with Gasteiger partial charge in [-0.3, -0.25) is 9.78 Å². The van der Waals surface area contributed by atoms with E-state index in [0.717, 1.165) is 17.8 Å². The minimum absolute atomic E-state index is 0.234. The third-order valence-corrected chi connectivity index (χ3v) is 4.31. The molecule has 0 unspecified atom stereocenters. The first kappa shape index (κ1) is 18.5. The Morgan fingerprint density at radius 3 is 2.70 bits per heavy atom. The van der Waals surface area contributed by atoms with Gasteiger partial charge in [0.1, 0.15) is 0 Å². The van der Waals surface area contributed by atoms with Crippen molar-refractivity contribution in [2.24, 2.45) is 5.73 Å². The number of rotatable bonds is 8. The molecule has 1 aliphatic carbocycles. The van der Waals surface area contributed by atoms with E-state index in [9.17, 15) is 4.79 Å². The van der Waals surface area contributed by atoms with E-state index in [4.69, 9.17) is 11.1 Å². The molecule has 1 aromatic heterocycles. The highest BCUT2D eigenvalue weighted by molar-refractivity contribution is 6.10. The summed E-state index contributed by atoms with van der Waals surface area (Å²) in [6.07, 6.45) is 11.4. The summed E-state index contributed by atoms with van der Waals surface area (Å²) in [6, 6.07) is 10.3. The van der Waals surface area contributed by atoms with Crippen molar-refractivity contribution in [1.82, 2.24) is 10.3 Å². The Kier molecular flexibility index (Phi) is 6.12. The second kappa shape index (κ2) is 8.91. The SMILES string of the molecule is N=C/C(=C\N)c1ccncc1/C=C/C(=O)Nc1ccc(CNC2CC2)cc1. The van der Waals surface area contributed by atoms with Gasteiger partial charge in [0.15, 0.2) is 0 Å². The molecule has 2 aromatic rings. The Hall–Kier alpha value is -3.25. The van der Waals surface area contributed by atoms with Crippen molar-refractivity contribution in [3.8, 4) is 0 Å². The largest absolute Gasteiger partial charge is 0.404 e. The van der Waals surface area contributed by atoms with Crippen LogP contribution in [0.3, 0.4) is 0 Å². The van der Waals surface area contributed by atoms with Crippen LogP contribution in [0.5, 0.6) is 0 Å². The normalized spacial score (nSPS) is 14.3. The third kappa shape index (κ3) is 5.36. The van der Waals surface area contributed by atoms with Crippen LogP contribution in [0.25, 0.3) is 11.6 Å². The van der Waals surface area contributed by atoms with Crippen LogP contribution < -0.4 is 16.4 Å². The first-order chi connectivity index (χ1) is 13.2. The minimum atomic E-state index is -0.234. The second-order valence-corrected chi connectivity index (χ2v) is 6.40. The van der Waals surface area contributed by atoms with Crippen molar-refractivity contribution < 1.29 is 4.79 Å². The molecule has 27 heavy (non-hydrogen) atoms. The van der Waals surface area contributed by atoms with E-state index < -0.39 is 0 Å². The van der Waals surface area contributed by atoms with Gasteiger partial charge in [-0.15, -0.1) is 0 Å². The fourth-order valence-electron chi connectivity index (χ4n) is 2.62. The van der Waals surface area contributed by atoms with Gasteiger partial charge in [-0.05, 0) is 48.2 Å². The average molecular weight is 361 g/mol. The number of nitrogens with zero attached hydrogens (tertiary/aromatic N) is 1. The Bertz CT molecular complexity index is 866. The molecule has 138 valence electrons. The monoisotopic (exact) mass is 361 g/mol. The number of amides is 1. The van der Waals surface area contributed by atoms with Crippen LogP contribution in [-0.4, -0.2) is 23.1 Å². The molecule has 0 atom stereocenters. The van der Waals surface area contributed by atoms with E-state index in [-0.39, 0.29) is 5.91 Å². The Morgan fingerprint density at radius 1 is 1.26 bits per heavy atom. The van der Waals surface area contributed by atoms with E-state index in [0.29, 0.717) is 17.2 Å². The van der Waals surface area contributed by atoms with E-state index in [1.807, 2.05) is 24.3 Å². The first-order valence-electron chi connectivity index (χ1n) is 8.87. The molecule has 1 amide bonds. The van der Waals surface area contributed by atoms with Gasteiger partial charge >= 0.3 is 0 Å². The number of nitrogens with two attached hydrogens (primary N) is 1. The maximum Gasteiger partial charge on any atom is 0.248 e. The lowest BCUT2D eigenvalue weighted by Gasteiger charge is -2.06. The first-order valence-corrected chi connectivity index (χ1v) is 8.87. The number of carbonyl (C=O) groups excluding carboxylic acids is 1. The zero-order valence-corrected chi connectivity index (χ0v) is 15.0. The molecule has 0 radical (unpaired) electrons. The van der Waals surface area contributed by atoms with Gasteiger partial charge < -0.3 is 21.8 Å². The molecular weight excluding hydrogens is 338 g/mol. The molecule has 0 bridgehead atoms. The topological polar surface area (TPSA) is 104 Å². The van der Waals surface area contributed by atoms with Crippen LogP contribution in [0, 0.1) is 5.41 Å². The van der Waals surface area contributed by atoms with Gasteiger partial charge in [-0.1, -0.05) is 12.1 Å². The van der Waals surface area contributed by atoms with Crippen LogP contribution in [0.15, 0.2) is 55.0 Å². The summed E-state index contributed by atoms with van der Waals surface area (Å²) in [5, 5.41) is 13.7. The predicted molar refractivity (Wildman–Crippen MR) is 109 cm³/mol. The maximum atomic E-state index is 12.2. The fraction of sp³-hybridized carbons (Fsp3) is 0.190. The van der Waals surface area contributed by atoms with Gasteiger partial charge in [0, 0.05) is 60.3 Å². The predicted octanol–water partition coefficient (Wildman–Crippen LogP) is 2.93. The summed E-state index contributed by atoms with van der Waals surface area (Å²) in [5.74, 6) is -0.234. The Balaban J connectivity index is 1.61. The fourth-order valence-corrected chi connectivity index (χ4v) is 2.62. The molecule has 5 N–H and O–H groups in total. The quantitative estimate of drug-likeness (QED) is 0.429. The summed E-state index contributed by atoms with van der Waals surface area (Å²) in [6.45, 7) is 0.854. The van der Waals surface area contributed by atoms with E-state index in [1.165, 1.54) is 36.9 Å². The number of hydrogen-bond acceptors (Lipinski definition) is 5. The van der Waals surface area contributed by atoms with Crippen LogP contribution >= 0.6 is 0 Å². The molecule has 0 spiro atoms. The molecule has 0 saturated heterocycles. The number of nitrogens with one attached hydrogen (secondary N) is 3. The van der Waals surface area contributed by atoms with Crippen molar-refractivity contribution in [2.75, 3.05) is 5.32 Å². The van der Waals surface area contributed by atoms with Crippen molar-refractivity contribution in [3.05, 3.63) is 71.7 Å². The number of pyridine rings is 1. The Labute approximate surface area is 158 Å². The lowest BCUT2D eigenvalue weighted by atomic mass is 10.0. The van der Waals surface area contributed by atoms with Gasteiger partial charge in [0.05, 0.1) is 0 Å². The van der Waals surface area contributed by atoms with Gasteiger partial charge in [-0.25, -0.2) is 0 Å². The maximum absolute atomic E-state index is 12.2. The third-order valence-electron chi connectivity index (χ3n) is 4.31. The molecule has 6 heteroatoms. The number of allylic oxidation sites excluding steroid dienone is 1. The number of carbonyl (C=O) groups is 1. The van der Waals surface area contributed by atoms with E-state index in [2.05, 4.69) is 15.6 Å². The highest BCUT2D eigenvalue weighted by atomic mass is 16.1. The summed E-state index contributed by atoms with van der Waals surface area (Å²) in [7, 11) is 0. The van der Waals surface area contributed by atoms with E-state index in [1.54, 1.807) is 24.5 Å². The summed E-state index contributed by atoms with van der Waals surface area (Å²) < 4.78 is 0. The summed E-state index contributed by atoms with van der Waals surface area (Å²) in [4.78, 5) is 16.3. The average Bonchev–Trinajstić information content (AvgIpc) is 3.52. The van der Waals surface area contributed by atoms with Gasteiger partial charge in [0.25, 0.3) is 0 Å². The van der Waals surface area contributed by atoms with Gasteiger partial charge in [-0.2, -0.15) is 0 Å². The van der Waals surface area contributed by atoms with Crippen molar-refractivity contribution >= 4 is 29.5 Å². The molecule has 1 aromatic carbocycles.